The van der Waals surface area contributed by atoms with E-state index in [1.54, 1.807) is 42.5 Å². The third kappa shape index (κ3) is 3.89. The molecule has 0 bridgehead atoms. The van der Waals surface area contributed by atoms with E-state index >= 15 is 0 Å². The first kappa shape index (κ1) is 16.8. The topological polar surface area (TPSA) is 89.8 Å². The molecule has 126 valence electrons. The number of aromatic nitrogens is 4. The summed E-state index contributed by atoms with van der Waals surface area (Å²) in [7, 11) is 0. The number of para-hydroxylation sites is 1. The Morgan fingerprint density at radius 2 is 1.84 bits per heavy atom. The van der Waals surface area contributed by atoms with Gasteiger partial charge >= 0.3 is 0 Å². The number of hydrogen-bond donors (Lipinski definition) is 1. The van der Waals surface area contributed by atoms with E-state index in [4.69, 9.17) is 11.6 Å². The van der Waals surface area contributed by atoms with Crippen LogP contribution in [0.15, 0.2) is 48.5 Å². The Kier molecular flexibility index (Phi) is 4.85. The molecule has 0 saturated heterocycles. The molecule has 0 unspecified atom stereocenters. The van der Waals surface area contributed by atoms with Gasteiger partial charge in [0.2, 0.25) is 11.7 Å². The van der Waals surface area contributed by atoms with Gasteiger partial charge < -0.3 is 5.32 Å². The van der Waals surface area contributed by atoms with Crippen molar-refractivity contribution in [2.24, 2.45) is 0 Å². The number of tetrazole rings is 1. The molecule has 0 aliphatic carbocycles. The summed E-state index contributed by atoms with van der Waals surface area (Å²) in [6, 6.07) is 13.9. The minimum atomic E-state index is -0.364. The Morgan fingerprint density at radius 1 is 1.12 bits per heavy atom. The van der Waals surface area contributed by atoms with Gasteiger partial charge in [0.15, 0.2) is 5.78 Å². The van der Waals surface area contributed by atoms with Gasteiger partial charge in [-0.1, -0.05) is 35.9 Å². The van der Waals surface area contributed by atoms with Gasteiger partial charge in [-0.25, -0.2) is 0 Å². The van der Waals surface area contributed by atoms with E-state index in [0.29, 0.717) is 27.7 Å². The third-order valence-corrected chi connectivity index (χ3v) is 3.76. The fraction of sp³-hybridized carbons (Fsp3) is 0.118. The Bertz CT molecular complexity index is 938. The van der Waals surface area contributed by atoms with Gasteiger partial charge in [0.25, 0.3) is 0 Å². The number of Topliss-reactive ketones (excluding diaryl/α,β-unsaturated/α-hetero) is 1. The smallest absolute Gasteiger partial charge is 0.248 e. The summed E-state index contributed by atoms with van der Waals surface area (Å²) in [6.07, 6.45) is 0. The summed E-state index contributed by atoms with van der Waals surface area (Å²) < 4.78 is 0. The van der Waals surface area contributed by atoms with Crippen LogP contribution in [0.3, 0.4) is 0 Å². The molecule has 0 aliphatic rings. The zero-order chi connectivity index (χ0) is 17.8. The van der Waals surface area contributed by atoms with E-state index in [9.17, 15) is 9.59 Å². The molecule has 25 heavy (non-hydrogen) atoms. The molecule has 3 aromatic rings. The molecular weight excluding hydrogens is 342 g/mol. The van der Waals surface area contributed by atoms with Crippen molar-refractivity contribution in [1.82, 2.24) is 20.2 Å². The number of carbonyl (C=O) groups excluding carboxylic acids is 2. The fourth-order valence-electron chi connectivity index (χ4n) is 2.28. The van der Waals surface area contributed by atoms with Crippen molar-refractivity contribution < 1.29 is 9.59 Å². The first-order valence-corrected chi connectivity index (χ1v) is 7.85. The highest BCUT2D eigenvalue weighted by Crippen LogP contribution is 2.23. The molecule has 0 fully saturated rings. The number of carbonyl (C=O) groups is 2. The Hall–Kier alpha value is -3.06. The average Bonchev–Trinajstić information content (AvgIpc) is 3.03. The molecule has 0 aliphatic heterocycles. The van der Waals surface area contributed by atoms with E-state index in [-0.39, 0.29) is 18.2 Å². The molecule has 1 amide bonds. The van der Waals surface area contributed by atoms with E-state index in [1.165, 1.54) is 11.7 Å². The van der Waals surface area contributed by atoms with Crippen LogP contribution in [0.5, 0.6) is 0 Å². The largest absolute Gasteiger partial charge is 0.324 e. The molecule has 1 heterocycles. The summed E-state index contributed by atoms with van der Waals surface area (Å²) in [6.45, 7) is 1.31. The summed E-state index contributed by atoms with van der Waals surface area (Å²) in [5, 5.41) is 15.1. The third-order valence-electron chi connectivity index (χ3n) is 3.43. The van der Waals surface area contributed by atoms with Crippen LogP contribution in [0.1, 0.15) is 17.3 Å². The van der Waals surface area contributed by atoms with Gasteiger partial charge in [0, 0.05) is 11.1 Å². The van der Waals surface area contributed by atoms with E-state index in [1.807, 2.05) is 6.07 Å². The van der Waals surface area contributed by atoms with Crippen LogP contribution in [0.25, 0.3) is 11.4 Å². The second-order valence-electron chi connectivity index (χ2n) is 5.27. The van der Waals surface area contributed by atoms with E-state index in [2.05, 4.69) is 20.7 Å². The van der Waals surface area contributed by atoms with Crippen LogP contribution in [0, 0.1) is 0 Å². The summed E-state index contributed by atoms with van der Waals surface area (Å²) >= 11 is 6.10. The van der Waals surface area contributed by atoms with Gasteiger partial charge in [0.1, 0.15) is 6.54 Å². The van der Waals surface area contributed by atoms with E-state index < -0.39 is 0 Å². The van der Waals surface area contributed by atoms with Gasteiger partial charge in [-0.05, 0) is 36.4 Å². The first-order chi connectivity index (χ1) is 12.0. The number of anilines is 1. The van der Waals surface area contributed by atoms with Crippen molar-refractivity contribution in [2.75, 3.05) is 5.32 Å². The molecule has 1 N–H and O–H groups in total. The van der Waals surface area contributed by atoms with Crippen LogP contribution in [0.4, 0.5) is 5.69 Å². The molecule has 7 nitrogen and oxygen atoms in total. The maximum Gasteiger partial charge on any atom is 0.248 e. The number of nitrogens with one attached hydrogen (secondary N) is 1. The van der Waals surface area contributed by atoms with Crippen molar-refractivity contribution >= 4 is 29.0 Å². The minimum absolute atomic E-state index is 0.129. The zero-order valence-corrected chi connectivity index (χ0v) is 14.1. The van der Waals surface area contributed by atoms with Crippen molar-refractivity contribution in [2.45, 2.75) is 13.5 Å². The van der Waals surface area contributed by atoms with Crippen molar-refractivity contribution in [1.29, 1.82) is 0 Å². The second-order valence-corrected chi connectivity index (χ2v) is 5.68. The van der Waals surface area contributed by atoms with Gasteiger partial charge in [0.05, 0.1) is 10.7 Å². The second kappa shape index (κ2) is 7.23. The quantitative estimate of drug-likeness (QED) is 0.711. The molecule has 8 heteroatoms. The summed E-state index contributed by atoms with van der Waals surface area (Å²) in [4.78, 5) is 25.0. The summed E-state index contributed by atoms with van der Waals surface area (Å²) in [5.41, 5.74) is 1.53. The van der Waals surface area contributed by atoms with Gasteiger partial charge in [-0.2, -0.15) is 4.80 Å². The Balaban J connectivity index is 1.73. The molecule has 3 rings (SSSR count). The minimum Gasteiger partial charge on any atom is -0.324 e. The molecule has 0 spiro atoms. The number of ketones is 1. The molecule has 0 radical (unpaired) electrons. The van der Waals surface area contributed by atoms with Crippen LogP contribution in [-0.2, 0) is 11.3 Å². The normalized spacial score (nSPS) is 10.5. The maximum absolute atomic E-state index is 12.2. The van der Waals surface area contributed by atoms with Crippen molar-refractivity contribution in [3.8, 4) is 11.4 Å². The number of rotatable bonds is 5. The molecule has 0 saturated carbocycles. The fourth-order valence-corrected chi connectivity index (χ4v) is 2.50. The van der Waals surface area contributed by atoms with Crippen LogP contribution < -0.4 is 5.32 Å². The zero-order valence-electron chi connectivity index (χ0n) is 13.3. The number of benzene rings is 2. The van der Waals surface area contributed by atoms with Crippen molar-refractivity contribution in [3.05, 3.63) is 59.1 Å². The van der Waals surface area contributed by atoms with Crippen LogP contribution in [-0.4, -0.2) is 31.9 Å². The number of hydrogen-bond acceptors (Lipinski definition) is 5. The van der Waals surface area contributed by atoms with Crippen molar-refractivity contribution in [3.63, 3.8) is 0 Å². The van der Waals surface area contributed by atoms with Gasteiger partial charge in [-0.3, -0.25) is 9.59 Å². The first-order valence-electron chi connectivity index (χ1n) is 7.47. The Morgan fingerprint density at radius 3 is 2.60 bits per heavy atom. The molecule has 1 aromatic heterocycles. The lowest BCUT2D eigenvalue weighted by molar-refractivity contribution is -0.117. The predicted octanol–water partition coefficient (Wildman–Crippen LogP) is 2.83. The Labute approximate surface area is 148 Å². The van der Waals surface area contributed by atoms with Gasteiger partial charge in [-0.15, -0.1) is 10.2 Å². The molecule has 0 atom stereocenters. The number of halogens is 1. The lowest BCUT2D eigenvalue weighted by Crippen LogP contribution is -2.21. The maximum atomic E-state index is 12.2. The highest BCUT2D eigenvalue weighted by Gasteiger charge is 2.13. The van der Waals surface area contributed by atoms with E-state index in [0.717, 1.165) is 0 Å². The van der Waals surface area contributed by atoms with Crippen LogP contribution >= 0.6 is 11.6 Å². The lowest BCUT2D eigenvalue weighted by Gasteiger charge is -2.08. The standard InChI is InChI=1S/C17H14ClN5O2/c1-11(24)12-6-3-5-9-15(12)19-16(25)10-23-21-17(20-22-23)13-7-2-4-8-14(13)18/h2-9H,10H2,1H3,(H,19,25). The van der Waals surface area contributed by atoms with Crippen LogP contribution in [0.2, 0.25) is 5.02 Å². The molecular formula is C17H14ClN5O2. The predicted molar refractivity (Wildman–Crippen MR) is 93.3 cm³/mol. The SMILES string of the molecule is CC(=O)c1ccccc1NC(=O)Cn1nnc(-c2ccccc2Cl)n1. The summed E-state index contributed by atoms with van der Waals surface area (Å²) in [5.74, 6) is -0.157. The monoisotopic (exact) mass is 355 g/mol. The average molecular weight is 356 g/mol. The number of amides is 1. The lowest BCUT2D eigenvalue weighted by atomic mass is 10.1. The number of nitrogens with zero attached hydrogens (tertiary/aromatic N) is 4. The molecule has 2 aromatic carbocycles. The highest BCUT2D eigenvalue weighted by molar-refractivity contribution is 6.33. The highest BCUT2D eigenvalue weighted by atomic mass is 35.5.